The number of piperidine rings is 1. The molecule has 27 heavy (non-hydrogen) atoms. The number of halogens is 1. The maximum Gasteiger partial charge on any atom is 0.227 e. The van der Waals surface area contributed by atoms with E-state index in [4.69, 9.17) is 0 Å². The smallest absolute Gasteiger partial charge is 0.227 e. The summed E-state index contributed by atoms with van der Waals surface area (Å²) in [6.45, 7) is 3.12. The number of carbonyl (C=O) groups excluding carboxylic acids is 1. The summed E-state index contributed by atoms with van der Waals surface area (Å²) in [4.78, 5) is 17.6. The molecule has 0 N–H and O–H groups in total. The van der Waals surface area contributed by atoms with E-state index in [0.29, 0.717) is 18.2 Å². The van der Waals surface area contributed by atoms with Gasteiger partial charge in [-0.15, -0.1) is 0 Å². The van der Waals surface area contributed by atoms with Crippen LogP contribution in [0.4, 0.5) is 4.39 Å². The fraction of sp³-hybridized carbons (Fsp3) is 0.435. The SMILES string of the molecule is O=C(C1CCCN(Cc2ccccc2)C1)N(Cc1ccccc1F)C1CC1. The van der Waals surface area contributed by atoms with Crippen molar-refractivity contribution < 1.29 is 9.18 Å². The molecule has 142 valence electrons. The molecule has 1 saturated carbocycles. The normalized spacial score (nSPS) is 20.4. The number of likely N-dealkylation sites (tertiary alicyclic amines) is 1. The third-order valence-electron chi connectivity index (χ3n) is 5.67. The second kappa shape index (κ2) is 8.22. The van der Waals surface area contributed by atoms with Crippen LogP contribution in [0.15, 0.2) is 54.6 Å². The van der Waals surface area contributed by atoms with Crippen molar-refractivity contribution in [2.45, 2.75) is 44.8 Å². The van der Waals surface area contributed by atoms with Crippen LogP contribution < -0.4 is 0 Å². The highest BCUT2D eigenvalue weighted by Crippen LogP contribution is 2.32. The second-order valence-corrected chi connectivity index (χ2v) is 7.85. The Bertz CT molecular complexity index is 775. The van der Waals surface area contributed by atoms with E-state index in [2.05, 4.69) is 29.2 Å². The monoisotopic (exact) mass is 366 g/mol. The second-order valence-electron chi connectivity index (χ2n) is 7.85. The Balaban J connectivity index is 1.42. The molecule has 3 nitrogen and oxygen atoms in total. The van der Waals surface area contributed by atoms with Gasteiger partial charge in [0.1, 0.15) is 5.82 Å². The van der Waals surface area contributed by atoms with Crippen LogP contribution in [0.1, 0.15) is 36.8 Å². The summed E-state index contributed by atoms with van der Waals surface area (Å²) < 4.78 is 14.1. The zero-order valence-electron chi connectivity index (χ0n) is 15.7. The first-order valence-electron chi connectivity index (χ1n) is 10.0. The summed E-state index contributed by atoms with van der Waals surface area (Å²) in [5.74, 6) is 0.0126. The predicted molar refractivity (Wildman–Crippen MR) is 104 cm³/mol. The molecule has 1 aliphatic carbocycles. The Morgan fingerprint density at radius 1 is 1.04 bits per heavy atom. The first-order valence-corrected chi connectivity index (χ1v) is 10.0. The fourth-order valence-electron chi connectivity index (χ4n) is 4.06. The van der Waals surface area contributed by atoms with Gasteiger partial charge in [0.05, 0.1) is 5.92 Å². The lowest BCUT2D eigenvalue weighted by atomic mass is 9.95. The van der Waals surface area contributed by atoms with E-state index in [1.807, 2.05) is 17.0 Å². The fourth-order valence-corrected chi connectivity index (χ4v) is 4.06. The van der Waals surface area contributed by atoms with Crippen molar-refractivity contribution in [2.24, 2.45) is 5.92 Å². The van der Waals surface area contributed by atoms with Crippen molar-refractivity contribution in [1.82, 2.24) is 9.80 Å². The molecular weight excluding hydrogens is 339 g/mol. The average Bonchev–Trinajstić information content (AvgIpc) is 3.53. The Kier molecular flexibility index (Phi) is 5.53. The average molecular weight is 366 g/mol. The van der Waals surface area contributed by atoms with Crippen LogP contribution in [-0.2, 0) is 17.9 Å². The van der Waals surface area contributed by atoms with Gasteiger partial charge in [0.15, 0.2) is 0 Å². The van der Waals surface area contributed by atoms with E-state index in [0.717, 1.165) is 45.3 Å². The van der Waals surface area contributed by atoms with Gasteiger partial charge in [-0.3, -0.25) is 9.69 Å². The van der Waals surface area contributed by atoms with Gasteiger partial charge in [0.25, 0.3) is 0 Å². The highest BCUT2D eigenvalue weighted by molar-refractivity contribution is 5.80. The van der Waals surface area contributed by atoms with Crippen LogP contribution in [0.3, 0.4) is 0 Å². The van der Waals surface area contributed by atoms with Gasteiger partial charge in [0.2, 0.25) is 5.91 Å². The zero-order chi connectivity index (χ0) is 18.6. The quantitative estimate of drug-likeness (QED) is 0.764. The molecule has 1 heterocycles. The van der Waals surface area contributed by atoms with E-state index >= 15 is 0 Å². The lowest BCUT2D eigenvalue weighted by Crippen LogP contribution is -2.45. The van der Waals surface area contributed by atoms with Gasteiger partial charge in [0, 0.05) is 31.2 Å². The van der Waals surface area contributed by atoms with E-state index in [-0.39, 0.29) is 17.6 Å². The number of amides is 1. The minimum Gasteiger partial charge on any atom is -0.335 e. The minimum absolute atomic E-state index is 0.0230. The molecule has 2 fully saturated rings. The van der Waals surface area contributed by atoms with Crippen LogP contribution in [-0.4, -0.2) is 34.8 Å². The Labute approximate surface area is 160 Å². The summed E-state index contributed by atoms with van der Waals surface area (Å²) in [5.41, 5.74) is 1.91. The Hall–Kier alpha value is -2.20. The molecule has 2 aromatic rings. The highest BCUT2D eigenvalue weighted by atomic mass is 19.1. The van der Waals surface area contributed by atoms with Crippen LogP contribution in [0.5, 0.6) is 0 Å². The van der Waals surface area contributed by atoms with Gasteiger partial charge in [-0.05, 0) is 43.9 Å². The van der Waals surface area contributed by atoms with Gasteiger partial charge >= 0.3 is 0 Å². The van der Waals surface area contributed by atoms with E-state index < -0.39 is 0 Å². The molecule has 1 amide bonds. The molecule has 0 spiro atoms. The summed E-state index contributed by atoms with van der Waals surface area (Å²) in [7, 11) is 0. The Morgan fingerprint density at radius 2 is 1.78 bits per heavy atom. The summed E-state index contributed by atoms with van der Waals surface area (Å²) in [6.07, 6.45) is 4.06. The number of hydrogen-bond donors (Lipinski definition) is 0. The maximum absolute atomic E-state index is 14.1. The molecule has 2 aromatic carbocycles. The number of carbonyl (C=O) groups is 1. The lowest BCUT2D eigenvalue weighted by molar-refractivity contribution is -0.138. The molecule has 4 heteroatoms. The van der Waals surface area contributed by atoms with Crippen LogP contribution >= 0.6 is 0 Å². The lowest BCUT2D eigenvalue weighted by Gasteiger charge is -2.35. The van der Waals surface area contributed by atoms with Gasteiger partial charge in [-0.1, -0.05) is 48.5 Å². The van der Waals surface area contributed by atoms with Gasteiger partial charge in [-0.25, -0.2) is 4.39 Å². The molecule has 0 aromatic heterocycles. The van der Waals surface area contributed by atoms with Crippen molar-refractivity contribution in [2.75, 3.05) is 13.1 Å². The van der Waals surface area contributed by atoms with Crippen molar-refractivity contribution in [1.29, 1.82) is 0 Å². The summed E-state index contributed by atoms with van der Waals surface area (Å²) in [5, 5.41) is 0. The van der Waals surface area contributed by atoms with Crippen LogP contribution in [0.2, 0.25) is 0 Å². The third-order valence-corrected chi connectivity index (χ3v) is 5.67. The van der Waals surface area contributed by atoms with E-state index in [1.165, 1.54) is 11.6 Å². The number of nitrogens with zero attached hydrogens (tertiary/aromatic N) is 2. The molecule has 1 aliphatic heterocycles. The van der Waals surface area contributed by atoms with Gasteiger partial charge < -0.3 is 4.90 Å². The van der Waals surface area contributed by atoms with Crippen molar-refractivity contribution in [3.8, 4) is 0 Å². The molecule has 1 saturated heterocycles. The molecule has 1 atom stereocenters. The molecule has 4 rings (SSSR count). The predicted octanol–water partition coefficient (Wildman–Crippen LogP) is 4.23. The summed E-state index contributed by atoms with van der Waals surface area (Å²) in [6, 6.07) is 17.5. The number of hydrogen-bond acceptors (Lipinski definition) is 2. The summed E-state index contributed by atoms with van der Waals surface area (Å²) >= 11 is 0. The first kappa shape index (κ1) is 18.2. The first-order chi connectivity index (χ1) is 13.2. The molecule has 2 aliphatic rings. The molecule has 0 radical (unpaired) electrons. The largest absolute Gasteiger partial charge is 0.335 e. The maximum atomic E-state index is 14.1. The highest BCUT2D eigenvalue weighted by Gasteiger charge is 2.37. The third kappa shape index (κ3) is 4.56. The minimum atomic E-state index is -0.217. The molecule has 1 unspecified atom stereocenters. The van der Waals surface area contributed by atoms with E-state index in [9.17, 15) is 9.18 Å². The van der Waals surface area contributed by atoms with Crippen LogP contribution in [0, 0.1) is 11.7 Å². The van der Waals surface area contributed by atoms with Crippen LogP contribution in [0.25, 0.3) is 0 Å². The standard InChI is InChI=1S/C23H27FN2O/c24-22-11-5-4-9-19(22)17-26(21-12-13-21)23(27)20-10-6-14-25(16-20)15-18-7-2-1-3-8-18/h1-5,7-9,11,20-21H,6,10,12-17H2. The number of rotatable bonds is 6. The molecular formula is C23H27FN2O. The Morgan fingerprint density at radius 3 is 2.52 bits per heavy atom. The van der Waals surface area contributed by atoms with Gasteiger partial charge in [-0.2, -0.15) is 0 Å². The topological polar surface area (TPSA) is 23.6 Å². The van der Waals surface area contributed by atoms with Crippen molar-refractivity contribution >= 4 is 5.91 Å². The van der Waals surface area contributed by atoms with Crippen molar-refractivity contribution in [3.05, 3.63) is 71.5 Å². The van der Waals surface area contributed by atoms with Crippen molar-refractivity contribution in [3.63, 3.8) is 0 Å². The van der Waals surface area contributed by atoms with E-state index in [1.54, 1.807) is 12.1 Å². The molecule has 0 bridgehead atoms. The zero-order valence-corrected chi connectivity index (χ0v) is 15.7. The number of benzene rings is 2.